The van der Waals surface area contributed by atoms with E-state index in [0.29, 0.717) is 29.1 Å². The first-order valence-corrected chi connectivity index (χ1v) is 8.81. The molecule has 2 aromatic heterocycles. The number of hydrogen-bond donors (Lipinski definition) is 1. The highest BCUT2D eigenvalue weighted by molar-refractivity contribution is 7.10. The molecule has 1 aliphatic rings. The summed E-state index contributed by atoms with van der Waals surface area (Å²) in [6.07, 6.45) is 6.37. The Labute approximate surface area is 139 Å². The van der Waals surface area contributed by atoms with Crippen LogP contribution in [-0.2, 0) is 6.54 Å². The van der Waals surface area contributed by atoms with Crippen molar-refractivity contribution in [3.05, 3.63) is 34.2 Å². The minimum Gasteiger partial charge on any atom is -0.467 e. The summed E-state index contributed by atoms with van der Waals surface area (Å²) < 4.78 is 9.89. The first-order valence-electron chi connectivity index (χ1n) is 7.66. The van der Waals surface area contributed by atoms with E-state index in [2.05, 4.69) is 14.5 Å². The van der Waals surface area contributed by atoms with Gasteiger partial charge in [-0.1, -0.05) is 28.9 Å². The molecule has 0 amide bonds. The van der Waals surface area contributed by atoms with Crippen molar-refractivity contribution in [2.45, 2.75) is 50.8 Å². The smallest absolute Gasteiger partial charge is 0.138 e. The van der Waals surface area contributed by atoms with Gasteiger partial charge in [0.2, 0.25) is 0 Å². The Morgan fingerprint density at radius 3 is 3.09 bits per heavy atom. The van der Waals surface area contributed by atoms with Gasteiger partial charge < -0.3 is 9.52 Å². The van der Waals surface area contributed by atoms with E-state index in [1.165, 1.54) is 30.8 Å². The third-order valence-corrected chi connectivity index (χ3v) is 5.21. The maximum absolute atomic E-state index is 10.4. The summed E-state index contributed by atoms with van der Waals surface area (Å²) in [6, 6.07) is 3.94. The van der Waals surface area contributed by atoms with E-state index in [4.69, 9.17) is 16.0 Å². The number of likely N-dealkylation sites (tertiary alicyclic amines) is 1. The number of hydrogen-bond acceptors (Lipinski definition) is 6. The van der Waals surface area contributed by atoms with E-state index in [1.807, 2.05) is 12.1 Å². The van der Waals surface area contributed by atoms with Gasteiger partial charge >= 0.3 is 0 Å². The lowest BCUT2D eigenvalue weighted by molar-refractivity contribution is 0.0825. The Morgan fingerprint density at radius 2 is 2.36 bits per heavy atom. The molecule has 2 atom stereocenters. The number of aliphatic hydroxyl groups excluding tert-OH is 1. The van der Waals surface area contributed by atoms with E-state index in [9.17, 15) is 5.11 Å². The van der Waals surface area contributed by atoms with E-state index < -0.39 is 6.10 Å². The minimum atomic E-state index is -0.565. The van der Waals surface area contributed by atoms with Gasteiger partial charge in [-0.15, -0.1) is 5.10 Å². The van der Waals surface area contributed by atoms with Crippen LogP contribution >= 0.6 is 23.1 Å². The van der Waals surface area contributed by atoms with Crippen LogP contribution in [0.5, 0.6) is 0 Å². The fraction of sp³-hybridized carbons (Fsp3) is 0.600. The van der Waals surface area contributed by atoms with Crippen LogP contribution in [0.4, 0.5) is 0 Å². The molecule has 0 spiro atoms. The number of halogens is 1. The number of aliphatic hydroxyl groups is 1. The van der Waals surface area contributed by atoms with Crippen molar-refractivity contribution in [1.29, 1.82) is 0 Å². The average molecular weight is 342 g/mol. The molecule has 2 unspecified atom stereocenters. The molecule has 3 heterocycles. The van der Waals surface area contributed by atoms with Gasteiger partial charge in [-0.25, -0.2) is 0 Å². The van der Waals surface area contributed by atoms with Crippen molar-refractivity contribution in [3.8, 4) is 0 Å². The summed E-state index contributed by atoms with van der Waals surface area (Å²) in [7, 11) is 0. The van der Waals surface area contributed by atoms with Gasteiger partial charge in [0.25, 0.3) is 0 Å². The van der Waals surface area contributed by atoms with Gasteiger partial charge in [0.15, 0.2) is 0 Å². The number of nitrogens with zero attached hydrogens (tertiary/aromatic N) is 3. The first-order chi connectivity index (χ1) is 10.7. The monoisotopic (exact) mass is 341 g/mol. The van der Waals surface area contributed by atoms with Gasteiger partial charge in [0, 0.05) is 24.1 Å². The fourth-order valence-corrected chi connectivity index (χ4v) is 3.66. The predicted octanol–water partition coefficient (Wildman–Crippen LogP) is 3.65. The molecule has 0 aromatic carbocycles. The van der Waals surface area contributed by atoms with Crippen molar-refractivity contribution < 1.29 is 9.52 Å². The van der Waals surface area contributed by atoms with Crippen LogP contribution in [0.2, 0.25) is 4.34 Å². The second-order valence-electron chi connectivity index (χ2n) is 5.73. The van der Waals surface area contributed by atoms with Crippen molar-refractivity contribution in [1.82, 2.24) is 14.5 Å². The summed E-state index contributed by atoms with van der Waals surface area (Å²) in [5, 5.41) is 14.5. The number of rotatable bonds is 5. The Bertz CT molecular complexity index is 575. The van der Waals surface area contributed by atoms with Gasteiger partial charge in [0.05, 0.1) is 6.26 Å². The minimum absolute atomic E-state index is 0.306. The molecular formula is C15H20ClN3O2S. The standard InChI is InChI=1S/C15H20ClN3O2S/c16-15-12(17-18-22-15)10-19-7-3-1-2-5-11(19)9-13(20)14-6-4-8-21-14/h4,6,8,11,13,20H,1-3,5,7,9-10H2. The van der Waals surface area contributed by atoms with Crippen LogP contribution < -0.4 is 0 Å². The zero-order valence-electron chi connectivity index (χ0n) is 12.3. The third kappa shape index (κ3) is 3.87. The lowest BCUT2D eigenvalue weighted by atomic mass is 10.0. The Kier molecular flexibility index (Phi) is 5.46. The highest BCUT2D eigenvalue weighted by Gasteiger charge is 2.26. The predicted molar refractivity (Wildman–Crippen MR) is 85.9 cm³/mol. The van der Waals surface area contributed by atoms with Crippen molar-refractivity contribution in [2.24, 2.45) is 0 Å². The zero-order chi connectivity index (χ0) is 15.4. The molecule has 1 saturated heterocycles. The molecule has 2 aromatic rings. The average Bonchev–Trinajstić information content (AvgIpc) is 3.12. The Balaban J connectivity index is 1.69. The van der Waals surface area contributed by atoms with Crippen LogP contribution in [0.15, 0.2) is 22.8 Å². The summed E-state index contributed by atoms with van der Waals surface area (Å²) in [6.45, 7) is 1.70. The van der Waals surface area contributed by atoms with Gasteiger partial charge in [-0.3, -0.25) is 4.90 Å². The molecule has 0 radical (unpaired) electrons. The lowest BCUT2D eigenvalue weighted by Gasteiger charge is -2.30. The molecule has 0 aliphatic carbocycles. The van der Waals surface area contributed by atoms with E-state index >= 15 is 0 Å². The fourth-order valence-electron chi connectivity index (χ4n) is 3.05. The largest absolute Gasteiger partial charge is 0.467 e. The summed E-state index contributed by atoms with van der Waals surface area (Å²) in [5.74, 6) is 0.637. The van der Waals surface area contributed by atoms with Crippen molar-refractivity contribution in [2.75, 3.05) is 6.54 Å². The van der Waals surface area contributed by atoms with Crippen LogP contribution in [0.1, 0.15) is 49.7 Å². The molecule has 1 aliphatic heterocycles. The van der Waals surface area contributed by atoms with Gasteiger partial charge in [0.1, 0.15) is 21.9 Å². The Hall–Kier alpha value is -0.950. The molecule has 0 saturated carbocycles. The molecule has 7 heteroatoms. The second-order valence-corrected chi connectivity index (χ2v) is 7.09. The van der Waals surface area contributed by atoms with E-state index in [-0.39, 0.29) is 0 Å². The summed E-state index contributed by atoms with van der Waals surface area (Å²) in [4.78, 5) is 2.38. The zero-order valence-corrected chi connectivity index (χ0v) is 13.9. The lowest BCUT2D eigenvalue weighted by Crippen LogP contribution is -2.35. The van der Waals surface area contributed by atoms with Crippen LogP contribution in [0, 0.1) is 0 Å². The molecule has 22 heavy (non-hydrogen) atoms. The van der Waals surface area contributed by atoms with Crippen LogP contribution in [0.3, 0.4) is 0 Å². The van der Waals surface area contributed by atoms with Crippen molar-refractivity contribution in [3.63, 3.8) is 0 Å². The van der Waals surface area contributed by atoms with Gasteiger partial charge in [-0.2, -0.15) is 0 Å². The molecule has 0 bridgehead atoms. The summed E-state index contributed by atoms with van der Waals surface area (Å²) in [5.41, 5.74) is 0.839. The molecule has 3 rings (SSSR count). The SMILES string of the molecule is OC(CC1CCCCCN1Cc1nnsc1Cl)c1ccco1. The maximum Gasteiger partial charge on any atom is 0.138 e. The van der Waals surface area contributed by atoms with Crippen molar-refractivity contribution >= 4 is 23.1 Å². The number of aromatic nitrogens is 2. The van der Waals surface area contributed by atoms with E-state index in [0.717, 1.165) is 18.7 Å². The molecule has 1 fully saturated rings. The highest BCUT2D eigenvalue weighted by Crippen LogP contribution is 2.29. The molecule has 5 nitrogen and oxygen atoms in total. The summed E-state index contributed by atoms with van der Waals surface area (Å²) >= 11 is 7.36. The topological polar surface area (TPSA) is 62.4 Å². The van der Waals surface area contributed by atoms with E-state index in [1.54, 1.807) is 6.26 Å². The third-order valence-electron chi connectivity index (χ3n) is 4.23. The van der Waals surface area contributed by atoms with Gasteiger partial charge in [-0.05, 0) is 37.9 Å². The quantitative estimate of drug-likeness (QED) is 0.899. The number of furan rings is 1. The Morgan fingerprint density at radius 1 is 1.45 bits per heavy atom. The molecule has 1 N–H and O–H groups in total. The maximum atomic E-state index is 10.4. The molecular weight excluding hydrogens is 322 g/mol. The van der Waals surface area contributed by atoms with Crippen LogP contribution in [-0.4, -0.2) is 32.2 Å². The first kappa shape index (κ1) is 15.9. The second kappa shape index (κ2) is 7.55. The van der Waals surface area contributed by atoms with Crippen LogP contribution in [0.25, 0.3) is 0 Å². The molecule has 120 valence electrons. The normalized spacial score (nSPS) is 21.6. The highest BCUT2D eigenvalue weighted by atomic mass is 35.5.